The number of hydrogen-bond donors (Lipinski definition) is 1. The van der Waals surface area contributed by atoms with Gasteiger partial charge in [-0.25, -0.2) is 9.18 Å². The second-order valence-electron chi connectivity index (χ2n) is 9.52. The van der Waals surface area contributed by atoms with Crippen LogP contribution in [0.3, 0.4) is 0 Å². The summed E-state index contributed by atoms with van der Waals surface area (Å²) >= 11 is 0. The molecule has 0 aromatic heterocycles. The standard InChI is InChI=1S/C30H37FN2O5/c1-4-6-17-32(18-7-5-2)19-8-20-33-26(21-9-11-23(12-10-21)30(37)38-3)25(28(35)29(33)36)27(34)22-13-15-24(31)16-14-22/h9-16,26,34H,4-8,17-20H2,1-3H3. The summed E-state index contributed by atoms with van der Waals surface area (Å²) in [6, 6.07) is 10.7. The lowest BCUT2D eigenvalue weighted by atomic mass is 9.94. The number of ketones is 1. The average molecular weight is 525 g/mol. The van der Waals surface area contributed by atoms with Crippen molar-refractivity contribution in [2.75, 3.05) is 33.3 Å². The summed E-state index contributed by atoms with van der Waals surface area (Å²) < 4.78 is 18.3. The van der Waals surface area contributed by atoms with Gasteiger partial charge < -0.3 is 19.6 Å². The third kappa shape index (κ3) is 6.86. The summed E-state index contributed by atoms with van der Waals surface area (Å²) in [5.74, 6) is -2.82. The number of halogens is 1. The van der Waals surface area contributed by atoms with Crippen molar-refractivity contribution in [3.63, 3.8) is 0 Å². The molecule has 38 heavy (non-hydrogen) atoms. The number of aliphatic hydroxyl groups excluding tert-OH is 1. The van der Waals surface area contributed by atoms with Crippen LogP contribution in [0.4, 0.5) is 4.39 Å². The molecule has 0 spiro atoms. The monoisotopic (exact) mass is 524 g/mol. The van der Waals surface area contributed by atoms with E-state index < -0.39 is 29.5 Å². The lowest BCUT2D eigenvalue weighted by Crippen LogP contribution is -2.34. The van der Waals surface area contributed by atoms with Crippen molar-refractivity contribution in [2.45, 2.75) is 52.0 Å². The van der Waals surface area contributed by atoms with E-state index in [2.05, 4.69) is 18.7 Å². The van der Waals surface area contributed by atoms with Crippen molar-refractivity contribution in [1.29, 1.82) is 0 Å². The summed E-state index contributed by atoms with van der Waals surface area (Å²) in [6.07, 6.45) is 5.05. The van der Waals surface area contributed by atoms with Crippen LogP contribution in [0.2, 0.25) is 0 Å². The van der Waals surface area contributed by atoms with E-state index in [1.165, 1.54) is 36.3 Å². The fraction of sp³-hybridized carbons (Fsp3) is 0.433. The van der Waals surface area contributed by atoms with E-state index in [4.69, 9.17) is 4.74 Å². The van der Waals surface area contributed by atoms with Crippen LogP contribution in [0, 0.1) is 5.82 Å². The van der Waals surface area contributed by atoms with Gasteiger partial charge in [0.2, 0.25) is 0 Å². The van der Waals surface area contributed by atoms with E-state index in [0.717, 1.165) is 45.3 Å². The van der Waals surface area contributed by atoms with Gasteiger partial charge in [-0.3, -0.25) is 9.59 Å². The number of likely N-dealkylation sites (tertiary alicyclic amines) is 1. The van der Waals surface area contributed by atoms with E-state index in [9.17, 15) is 23.9 Å². The second-order valence-corrected chi connectivity index (χ2v) is 9.52. The van der Waals surface area contributed by atoms with Gasteiger partial charge in [0.25, 0.3) is 11.7 Å². The van der Waals surface area contributed by atoms with Crippen LogP contribution in [-0.4, -0.2) is 65.9 Å². The maximum absolute atomic E-state index is 13.5. The molecule has 1 saturated heterocycles. The predicted molar refractivity (Wildman–Crippen MR) is 144 cm³/mol. The summed E-state index contributed by atoms with van der Waals surface area (Å²) in [6.45, 7) is 7.39. The Bertz CT molecular complexity index is 1140. The zero-order valence-electron chi connectivity index (χ0n) is 22.4. The van der Waals surface area contributed by atoms with Gasteiger partial charge in [-0.2, -0.15) is 0 Å². The number of hydrogen-bond acceptors (Lipinski definition) is 6. The molecule has 0 bridgehead atoms. The Morgan fingerprint density at radius 3 is 2.03 bits per heavy atom. The van der Waals surface area contributed by atoms with Gasteiger partial charge in [0.1, 0.15) is 11.6 Å². The summed E-state index contributed by atoms with van der Waals surface area (Å²) in [5, 5.41) is 11.1. The first-order chi connectivity index (χ1) is 18.3. The molecule has 1 N–H and O–H groups in total. The molecule has 0 radical (unpaired) electrons. The van der Waals surface area contributed by atoms with E-state index in [0.29, 0.717) is 24.1 Å². The highest BCUT2D eigenvalue weighted by Crippen LogP contribution is 2.39. The summed E-state index contributed by atoms with van der Waals surface area (Å²) in [7, 11) is 1.29. The number of amides is 1. The first-order valence-electron chi connectivity index (χ1n) is 13.3. The number of methoxy groups -OCH3 is 1. The van der Waals surface area contributed by atoms with Gasteiger partial charge in [-0.15, -0.1) is 0 Å². The molecule has 2 aromatic rings. The Kier molecular flexibility index (Phi) is 10.6. The molecular weight excluding hydrogens is 487 g/mol. The molecule has 7 nitrogen and oxygen atoms in total. The Morgan fingerprint density at radius 2 is 1.47 bits per heavy atom. The van der Waals surface area contributed by atoms with E-state index in [1.54, 1.807) is 24.3 Å². The van der Waals surface area contributed by atoms with Gasteiger partial charge in [0, 0.05) is 12.1 Å². The topological polar surface area (TPSA) is 87.2 Å². The molecule has 1 aliphatic rings. The van der Waals surface area contributed by atoms with Crippen molar-refractivity contribution >= 4 is 23.4 Å². The molecule has 1 unspecified atom stereocenters. The number of carbonyl (C=O) groups is 3. The van der Waals surface area contributed by atoms with E-state index >= 15 is 0 Å². The molecule has 1 aliphatic heterocycles. The van der Waals surface area contributed by atoms with Gasteiger partial charge in [-0.05, 0) is 80.9 Å². The highest BCUT2D eigenvalue weighted by atomic mass is 19.1. The molecule has 3 rings (SSSR count). The van der Waals surface area contributed by atoms with Crippen LogP contribution in [0.5, 0.6) is 0 Å². The smallest absolute Gasteiger partial charge is 0.337 e. The van der Waals surface area contributed by atoms with E-state index in [1.807, 2.05) is 0 Å². The highest BCUT2D eigenvalue weighted by Gasteiger charge is 2.45. The van der Waals surface area contributed by atoms with Crippen molar-refractivity contribution in [1.82, 2.24) is 9.80 Å². The van der Waals surface area contributed by atoms with Crippen molar-refractivity contribution < 1.29 is 28.6 Å². The third-order valence-electron chi connectivity index (χ3n) is 6.83. The van der Waals surface area contributed by atoms with Crippen LogP contribution in [0.25, 0.3) is 5.76 Å². The number of rotatable bonds is 13. The number of unbranched alkanes of at least 4 members (excludes halogenated alkanes) is 2. The van der Waals surface area contributed by atoms with E-state index in [-0.39, 0.29) is 16.9 Å². The maximum atomic E-state index is 13.5. The van der Waals surface area contributed by atoms with Gasteiger partial charge in [0.05, 0.1) is 24.3 Å². The Labute approximate surface area is 223 Å². The van der Waals surface area contributed by atoms with Crippen LogP contribution in [-0.2, 0) is 14.3 Å². The molecule has 1 fully saturated rings. The van der Waals surface area contributed by atoms with Gasteiger partial charge in [0.15, 0.2) is 0 Å². The zero-order valence-corrected chi connectivity index (χ0v) is 22.4. The number of benzene rings is 2. The average Bonchev–Trinajstić information content (AvgIpc) is 3.18. The number of Topliss-reactive ketones (excluding diaryl/α,β-unsaturated/α-hetero) is 1. The lowest BCUT2D eigenvalue weighted by Gasteiger charge is -2.27. The molecule has 2 aromatic carbocycles. The van der Waals surface area contributed by atoms with Crippen molar-refractivity contribution in [3.8, 4) is 0 Å². The Morgan fingerprint density at radius 1 is 0.921 bits per heavy atom. The Balaban J connectivity index is 1.94. The second kappa shape index (κ2) is 13.9. The molecular formula is C30H37FN2O5. The normalized spacial score (nSPS) is 16.9. The quantitative estimate of drug-likeness (QED) is 0.165. The molecule has 1 atom stereocenters. The maximum Gasteiger partial charge on any atom is 0.337 e. The summed E-state index contributed by atoms with van der Waals surface area (Å²) in [5.41, 5.74) is 1.09. The van der Waals surface area contributed by atoms with Crippen LogP contribution in [0.15, 0.2) is 54.1 Å². The summed E-state index contributed by atoms with van der Waals surface area (Å²) in [4.78, 5) is 42.2. The minimum Gasteiger partial charge on any atom is -0.507 e. The zero-order chi connectivity index (χ0) is 27.7. The minimum absolute atomic E-state index is 0.0544. The SMILES string of the molecule is CCCCN(CCCC)CCCN1C(=O)C(=O)C(=C(O)c2ccc(F)cc2)C1c1ccc(C(=O)OC)cc1. The minimum atomic E-state index is -0.841. The van der Waals surface area contributed by atoms with Crippen LogP contribution in [0.1, 0.15) is 73.5 Å². The molecule has 1 heterocycles. The number of aliphatic hydroxyl groups is 1. The first kappa shape index (κ1) is 29.0. The predicted octanol–water partition coefficient (Wildman–Crippen LogP) is 5.33. The largest absolute Gasteiger partial charge is 0.507 e. The molecule has 0 aliphatic carbocycles. The molecule has 204 valence electrons. The van der Waals surface area contributed by atoms with Gasteiger partial charge in [-0.1, -0.05) is 38.8 Å². The number of ether oxygens (including phenoxy) is 1. The molecule has 0 saturated carbocycles. The van der Waals surface area contributed by atoms with Crippen LogP contribution < -0.4 is 0 Å². The fourth-order valence-electron chi connectivity index (χ4n) is 4.70. The van der Waals surface area contributed by atoms with Crippen molar-refractivity contribution in [2.24, 2.45) is 0 Å². The first-order valence-corrected chi connectivity index (χ1v) is 13.3. The number of carbonyl (C=O) groups excluding carboxylic acids is 3. The van der Waals surface area contributed by atoms with Gasteiger partial charge >= 0.3 is 5.97 Å². The fourth-order valence-corrected chi connectivity index (χ4v) is 4.70. The number of nitrogens with zero attached hydrogens (tertiary/aromatic N) is 2. The van der Waals surface area contributed by atoms with Crippen molar-refractivity contribution in [3.05, 3.63) is 76.6 Å². The highest BCUT2D eigenvalue weighted by molar-refractivity contribution is 6.46. The number of esters is 1. The van der Waals surface area contributed by atoms with Crippen LogP contribution >= 0.6 is 0 Å². The lowest BCUT2D eigenvalue weighted by molar-refractivity contribution is -0.140. The third-order valence-corrected chi connectivity index (χ3v) is 6.83. The molecule has 1 amide bonds. The molecule has 8 heteroatoms. The Hall–Kier alpha value is -3.52.